The number of rotatable bonds is 4. The van der Waals surface area contributed by atoms with Crippen LogP contribution in [0.4, 0.5) is 0 Å². The van der Waals surface area contributed by atoms with E-state index in [-0.39, 0.29) is 6.07 Å². The fourth-order valence-corrected chi connectivity index (χ4v) is 0.996. The van der Waals surface area contributed by atoms with Crippen LogP contribution in [0.1, 0.15) is 5.56 Å². The second-order valence-corrected chi connectivity index (χ2v) is 2.53. The lowest BCUT2D eigenvalue weighted by atomic mass is 10.2. The van der Waals surface area contributed by atoms with Crippen molar-refractivity contribution in [2.24, 2.45) is 0 Å². The quantitative estimate of drug-likeness (QED) is 0.673. The summed E-state index contributed by atoms with van der Waals surface area (Å²) < 4.78 is 10.1. The highest BCUT2D eigenvalue weighted by molar-refractivity contribution is 6.17. The number of benzene rings is 1. The first-order valence-corrected chi connectivity index (χ1v) is 4.17. The first kappa shape index (κ1) is 9.36. The molecule has 1 rings (SSSR count). The Morgan fingerprint density at radius 1 is 1.42 bits per heavy atom. The first-order valence-electron chi connectivity index (χ1n) is 3.63. The van der Waals surface area contributed by atoms with Crippen LogP contribution in [0, 0.1) is 0 Å². The first-order chi connectivity index (χ1) is 5.86. The third-order valence-electron chi connectivity index (χ3n) is 1.48. The van der Waals surface area contributed by atoms with E-state index in [4.69, 9.17) is 21.1 Å². The smallest absolute Gasteiger partial charge is 0.121 e. The Morgan fingerprint density at radius 2 is 2.25 bits per heavy atom. The normalized spacial score (nSPS) is 9.83. The lowest BCUT2D eigenvalue weighted by Gasteiger charge is -2.03. The average molecular weight is 187 g/mol. The predicted octanol–water partition coefficient (Wildman–Crippen LogP) is 2.41. The van der Waals surface area contributed by atoms with Crippen molar-refractivity contribution in [3.63, 3.8) is 0 Å². The van der Waals surface area contributed by atoms with Crippen LogP contribution in [0.5, 0.6) is 5.75 Å². The molecule has 0 saturated heterocycles. The number of alkyl halides is 1. The van der Waals surface area contributed by atoms with Crippen LogP contribution in [0.3, 0.4) is 0 Å². The van der Waals surface area contributed by atoms with Crippen LogP contribution in [0.15, 0.2) is 24.3 Å². The van der Waals surface area contributed by atoms with Crippen LogP contribution in [-0.4, -0.2) is 13.2 Å². The highest BCUT2D eigenvalue weighted by atomic mass is 35.5. The Balaban J connectivity index is 2.60. The zero-order valence-electron chi connectivity index (χ0n) is 6.92. The minimum Gasteiger partial charge on any atom is -0.497 e. The molecule has 0 aliphatic heterocycles. The highest BCUT2D eigenvalue weighted by Gasteiger charge is 1.94. The summed E-state index contributed by atoms with van der Waals surface area (Å²) in [6, 6.07) is 7.93. The van der Waals surface area contributed by atoms with E-state index in [1.807, 2.05) is 24.3 Å². The van der Waals surface area contributed by atoms with Gasteiger partial charge in [0.05, 0.1) is 13.7 Å². The minimum absolute atomic E-state index is 0.219. The van der Waals surface area contributed by atoms with Gasteiger partial charge in [0, 0.05) is 0 Å². The summed E-state index contributed by atoms with van der Waals surface area (Å²) in [5.74, 6) is 0.839. The molecule has 3 heteroatoms. The highest BCUT2D eigenvalue weighted by Crippen LogP contribution is 2.13. The fourth-order valence-electron chi connectivity index (χ4n) is 0.919. The summed E-state index contributed by atoms with van der Waals surface area (Å²) >= 11 is 5.37. The van der Waals surface area contributed by atoms with Crippen molar-refractivity contribution in [2.75, 3.05) is 13.2 Å². The predicted molar refractivity (Wildman–Crippen MR) is 48.5 cm³/mol. The molecule has 66 valence electrons. The molecule has 0 N–H and O–H groups in total. The van der Waals surface area contributed by atoms with Gasteiger partial charge in [-0.2, -0.15) is 0 Å². The molecule has 0 aliphatic carbocycles. The number of halogens is 1. The van der Waals surface area contributed by atoms with E-state index >= 15 is 0 Å². The van der Waals surface area contributed by atoms with E-state index in [9.17, 15) is 0 Å². The van der Waals surface area contributed by atoms with Gasteiger partial charge in [0.25, 0.3) is 0 Å². The van der Waals surface area contributed by atoms with Crippen molar-refractivity contribution < 1.29 is 9.47 Å². The molecule has 0 atom stereocenters. The number of hydrogen-bond donors (Lipinski definition) is 0. The molecule has 2 nitrogen and oxygen atoms in total. The van der Waals surface area contributed by atoms with Gasteiger partial charge in [-0.15, -0.1) is 0 Å². The molecule has 0 amide bonds. The van der Waals surface area contributed by atoms with Gasteiger partial charge in [0.15, 0.2) is 0 Å². The monoisotopic (exact) mass is 186 g/mol. The van der Waals surface area contributed by atoms with Crippen molar-refractivity contribution in [2.45, 2.75) is 6.61 Å². The zero-order valence-corrected chi connectivity index (χ0v) is 7.67. The van der Waals surface area contributed by atoms with Crippen LogP contribution < -0.4 is 4.74 Å². The molecule has 0 aromatic heterocycles. The maximum absolute atomic E-state index is 5.37. The van der Waals surface area contributed by atoms with E-state index in [1.54, 1.807) is 7.11 Å². The van der Waals surface area contributed by atoms with Gasteiger partial charge in [0.2, 0.25) is 0 Å². The van der Waals surface area contributed by atoms with Crippen molar-refractivity contribution in [3.05, 3.63) is 29.8 Å². The maximum Gasteiger partial charge on any atom is 0.121 e. The number of hydrogen-bond acceptors (Lipinski definition) is 2. The van der Waals surface area contributed by atoms with Gasteiger partial charge in [-0.05, 0) is 17.7 Å². The Kier molecular flexibility index (Phi) is 3.91. The Labute approximate surface area is 77.1 Å². The Hall–Kier alpha value is -0.730. The average Bonchev–Trinajstić information content (AvgIpc) is 2.15. The third-order valence-corrected chi connectivity index (χ3v) is 1.63. The Bertz CT molecular complexity index is 238. The molecular formula is C9H11ClO2. The summed E-state index contributed by atoms with van der Waals surface area (Å²) in [4.78, 5) is 0. The largest absolute Gasteiger partial charge is 0.497 e. The number of methoxy groups -OCH3 is 1. The standard InChI is InChI=1S/C9H11ClO2/c1-11-9-4-2-3-8(5-9)6-12-7-10/h2-5H,6-7H2,1H3. The molecule has 0 saturated carbocycles. The van der Waals surface area contributed by atoms with Gasteiger partial charge >= 0.3 is 0 Å². The zero-order chi connectivity index (χ0) is 8.81. The fraction of sp³-hybridized carbons (Fsp3) is 0.333. The van der Waals surface area contributed by atoms with Crippen LogP contribution in [0.2, 0.25) is 0 Å². The summed E-state index contributed by atoms with van der Waals surface area (Å²) in [5, 5.41) is 0. The molecule has 0 aliphatic rings. The lowest BCUT2D eigenvalue weighted by Crippen LogP contribution is -1.91. The molecule has 1 aromatic rings. The molecule has 0 fully saturated rings. The van der Waals surface area contributed by atoms with Crippen molar-refractivity contribution >= 4 is 11.6 Å². The van der Waals surface area contributed by atoms with Gasteiger partial charge in [-0.25, -0.2) is 0 Å². The van der Waals surface area contributed by atoms with Crippen LogP contribution in [0.25, 0.3) is 0 Å². The van der Waals surface area contributed by atoms with Gasteiger partial charge in [0.1, 0.15) is 11.8 Å². The maximum atomic E-state index is 5.37. The van der Waals surface area contributed by atoms with Crippen LogP contribution >= 0.6 is 11.6 Å². The van der Waals surface area contributed by atoms with E-state index in [1.165, 1.54) is 0 Å². The van der Waals surface area contributed by atoms with E-state index in [0.717, 1.165) is 11.3 Å². The van der Waals surface area contributed by atoms with Crippen molar-refractivity contribution in [3.8, 4) is 5.75 Å². The van der Waals surface area contributed by atoms with E-state index < -0.39 is 0 Å². The molecule has 0 bridgehead atoms. The summed E-state index contributed by atoms with van der Waals surface area (Å²) in [6.07, 6.45) is 0. The molecule has 0 spiro atoms. The van der Waals surface area contributed by atoms with Gasteiger partial charge in [-0.3, -0.25) is 0 Å². The second-order valence-electron chi connectivity index (χ2n) is 2.31. The third kappa shape index (κ3) is 2.72. The molecular weight excluding hydrogens is 176 g/mol. The SMILES string of the molecule is COc1cccc(COCCl)c1. The molecule has 0 radical (unpaired) electrons. The lowest BCUT2D eigenvalue weighted by molar-refractivity contribution is 0.165. The van der Waals surface area contributed by atoms with Crippen molar-refractivity contribution in [1.82, 2.24) is 0 Å². The number of ether oxygens (including phenoxy) is 2. The van der Waals surface area contributed by atoms with Gasteiger partial charge < -0.3 is 9.47 Å². The van der Waals surface area contributed by atoms with Gasteiger partial charge in [-0.1, -0.05) is 23.7 Å². The summed E-state index contributed by atoms with van der Waals surface area (Å²) in [7, 11) is 1.64. The second kappa shape index (κ2) is 5.01. The summed E-state index contributed by atoms with van der Waals surface area (Å²) in [6.45, 7) is 0.528. The van der Waals surface area contributed by atoms with E-state index in [0.29, 0.717) is 6.61 Å². The molecule has 0 unspecified atom stereocenters. The topological polar surface area (TPSA) is 18.5 Å². The van der Waals surface area contributed by atoms with E-state index in [2.05, 4.69) is 0 Å². The Morgan fingerprint density at radius 3 is 2.92 bits per heavy atom. The van der Waals surface area contributed by atoms with Crippen LogP contribution in [-0.2, 0) is 11.3 Å². The summed E-state index contributed by atoms with van der Waals surface area (Å²) in [5.41, 5.74) is 1.06. The molecule has 0 heterocycles. The molecule has 12 heavy (non-hydrogen) atoms. The minimum atomic E-state index is 0.219. The van der Waals surface area contributed by atoms with Crippen molar-refractivity contribution in [1.29, 1.82) is 0 Å². The molecule has 1 aromatic carbocycles.